The maximum atomic E-state index is 13.4. The predicted octanol–water partition coefficient (Wildman–Crippen LogP) is 3.28. The van der Waals surface area contributed by atoms with E-state index in [-0.39, 0.29) is 41.7 Å². The molecule has 0 aliphatic rings. The largest absolute Gasteiger partial charge is 0.356 e. The minimum absolute atomic E-state index is 0. The highest BCUT2D eigenvalue weighted by Gasteiger charge is 2.07. The molecule has 1 unspecified atom stereocenters. The van der Waals surface area contributed by atoms with E-state index in [2.05, 4.69) is 20.9 Å². The number of nitrogens with zero attached hydrogens (tertiary/aromatic N) is 1. The standard InChI is InChI=1S/C18H29FN4OS.HI/c1-5-13(2)23-17(24)8-9-21-18(20-3)22-11-14-6-7-16(19)10-15(14)12-25-4;/h6-7,10,13H,5,8-9,11-12H2,1-4H3,(H,23,24)(H2,20,21,22);1H. The van der Waals surface area contributed by atoms with Crippen LogP contribution in [-0.2, 0) is 17.1 Å². The number of aliphatic imine (C=N–C) groups is 1. The third-order valence-corrected chi connectivity index (χ3v) is 4.40. The number of hydrogen-bond acceptors (Lipinski definition) is 3. The zero-order chi connectivity index (χ0) is 18.7. The average molecular weight is 496 g/mol. The van der Waals surface area contributed by atoms with Crippen LogP contribution in [-0.4, -0.2) is 37.8 Å². The van der Waals surface area contributed by atoms with Crippen molar-refractivity contribution < 1.29 is 9.18 Å². The van der Waals surface area contributed by atoms with E-state index in [4.69, 9.17) is 0 Å². The summed E-state index contributed by atoms with van der Waals surface area (Å²) in [4.78, 5) is 15.9. The summed E-state index contributed by atoms with van der Waals surface area (Å²) in [6.07, 6.45) is 3.30. The van der Waals surface area contributed by atoms with E-state index in [1.54, 1.807) is 30.9 Å². The van der Waals surface area contributed by atoms with Crippen LogP contribution in [0.15, 0.2) is 23.2 Å². The molecule has 1 aromatic rings. The minimum atomic E-state index is -0.220. The van der Waals surface area contributed by atoms with Crippen LogP contribution in [0.3, 0.4) is 0 Å². The van der Waals surface area contributed by atoms with Gasteiger partial charge in [-0.05, 0) is 42.9 Å². The van der Waals surface area contributed by atoms with Crippen molar-refractivity contribution in [2.24, 2.45) is 4.99 Å². The van der Waals surface area contributed by atoms with Crippen LogP contribution in [0.2, 0.25) is 0 Å². The Labute approximate surface area is 177 Å². The number of carbonyl (C=O) groups excluding carboxylic acids is 1. The van der Waals surface area contributed by atoms with Crippen molar-refractivity contribution in [2.75, 3.05) is 19.8 Å². The normalized spacial score (nSPS) is 12.1. The maximum absolute atomic E-state index is 13.4. The van der Waals surface area contributed by atoms with Gasteiger partial charge in [-0.1, -0.05) is 13.0 Å². The Morgan fingerprint density at radius 1 is 1.31 bits per heavy atom. The monoisotopic (exact) mass is 496 g/mol. The van der Waals surface area contributed by atoms with Crippen molar-refractivity contribution in [2.45, 2.75) is 45.0 Å². The third kappa shape index (κ3) is 9.61. The van der Waals surface area contributed by atoms with E-state index in [9.17, 15) is 9.18 Å². The second-order valence-electron chi connectivity index (χ2n) is 5.83. The molecule has 3 N–H and O–H groups in total. The molecule has 0 saturated heterocycles. The molecule has 0 spiro atoms. The predicted molar refractivity (Wildman–Crippen MR) is 120 cm³/mol. The average Bonchev–Trinajstić information content (AvgIpc) is 2.59. The Hall–Kier alpha value is -1.03. The number of rotatable bonds is 9. The molecule has 0 radical (unpaired) electrons. The summed E-state index contributed by atoms with van der Waals surface area (Å²) in [6.45, 7) is 5.08. The molecule has 1 amide bonds. The third-order valence-electron chi connectivity index (χ3n) is 3.80. The van der Waals surface area contributed by atoms with Crippen molar-refractivity contribution >= 4 is 47.6 Å². The fourth-order valence-electron chi connectivity index (χ4n) is 2.20. The molecule has 0 aliphatic heterocycles. The molecule has 1 atom stereocenters. The summed E-state index contributed by atoms with van der Waals surface area (Å²) < 4.78 is 13.4. The van der Waals surface area contributed by atoms with Gasteiger partial charge in [0.2, 0.25) is 5.91 Å². The highest BCUT2D eigenvalue weighted by atomic mass is 127. The van der Waals surface area contributed by atoms with Crippen LogP contribution in [0.1, 0.15) is 37.8 Å². The van der Waals surface area contributed by atoms with Crippen molar-refractivity contribution in [3.05, 3.63) is 35.1 Å². The van der Waals surface area contributed by atoms with Crippen LogP contribution in [0, 0.1) is 5.82 Å². The number of halogens is 2. The van der Waals surface area contributed by atoms with Crippen molar-refractivity contribution in [1.29, 1.82) is 0 Å². The van der Waals surface area contributed by atoms with Gasteiger partial charge in [0.1, 0.15) is 5.82 Å². The van der Waals surface area contributed by atoms with Gasteiger partial charge in [-0.3, -0.25) is 9.79 Å². The first-order chi connectivity index (χ1) is 12.0. The van der Waals surface area contributed by atoms with Gasteiger partial charge in [-0.25, -0.2) is 4.39 Å². The van der Waals surface area contributed by atoms with Crippen molar-refractivity contribution in [3.8, 4) is 0 Å². The summed E-state index contributed by atoms with van der Waals surface area (Å²) in [5.74, 6) is 1.19. The number of carbonyl (C=O) groups is 1. The molecule has 26 heavy (non-hydrogen) atoms. The highest BCUT2D eigenvalue weighted by Crippen LogP contribution is 2.16. The Balaban J connectivity index is 0.00000625. The van der Waals surface area contributed by atoms with Crippen LogP contribution in [0.5, 0.6) is 0 Å². The summed E-state index contributed by atoms with van der Waals surface area (Å²) in [6, 6.07) is 5.03. The molecule has 0 heterocycles. The number of hydrogen-bond donors (Lipinski definition) is 3. The first kappa shape index (κ1) is 25.0. The molecule has 5 nitrogen and oxygen atoms in total. The second kappa shape index (κ2) is 14.1. The van der Waals surface area contributed by atoms with Crippen LogP contribution in [0.25, 0.3) is 0 Å². The van der Waals surface area contributed by atoms with E-state index in [0.29, 0.717) is 25.5 Å². The molecular formula is C18H30FIN4OS. The minimum Gasteiger partial charge on any atom is -0.356 e. The lowest BCUT2D eigenvalue weighted by Gasteiger charge is -2.15. The van der Waals surface area contributed by atoms with Crippen LogP contribution < -0.4 is 16.0 Å². The van der Waals surface area contributed by atoms with Gasteiger partial charge in [0.25, 0.3) is 0 Å². The summed E-state index contributed by atoms with van der Waals surface area (Å²) >= 11 is 1.66. The quantitative estimate of drug-likeness (QED) is 0.279. The molecule has 1 aromatic carbocycles. The van der Waals surface area contributed by atoms with E-state index >= 15 is 0 Å². The van der Waals surface area contributed by atoms with Gasteiger partial charge in [-0.15, -0.1) is 24.0 Å². The Morgan fingerprint density at radius 3 is 2.65 bits per heavy atom. The molecule has 0 saturated carbocycles. The van der Waals surface area contributed by atoms with Crippen molar-refractivity contribution in [1.82, 2.24) is 16.0 Å². The number of amides is 1. The number of benzene rings is 1. The van der Waals surface area contributed by atoms with E-state index in [1.807, 2.05) is 20.1 Å². The van der Waals surface area contributed by atoms with Gasteiger partial charge in [-0.2, -0.15) is 11.8 Å². The van der Waals surface area contributed by atoms with Gasteiger partial charge >= 0.3 is 0 Å². The Morgan fingerprint density at radius 2 is 2.04 bits per heavy atom. The van der Waals surface area contributed by atoms with Gasteiger partial charge in [0.05, 0.1) is 0 Å². The van der Waals surface area contributed by atoms with E-state index in [1.165, 1.54) is 6.07 Å². The van der Waals surface area contributed by atoms with Crippen molar-refractivity contribution in [3.63, 3.8) is 0 Å². The van der Waals surface area contributed by atoms with E-state index in [0.717, 1.165) is 23.3 Å². The first-order valence-electron chi connectivity index (χ1n) is 8.50. The fraction of sp³-hybridized carbons (Fsp3) is 0.556. The molecule has 0 aliphatic carbocycles. The van der Waals surface area contributed by atoms with Gasteiger partial charge in [0.15, 0.2) is 5.96 Å². The summed E-state index contributed by atoms with van der Waals surface area (Å²) in [7, 11) is 1.68. The van der Waals surface area contributed by atoms with Crippen LogP contribution in [0.4, 0.5) is 4.39 Å². The van der Waals surface area contributed by atoms with Crippen LogP contribution >= 0.6 is 35.7 Å². The van der Waals surface area contributed by atoms with Gasteiger partial charge < -0.3 is 16.0 Å². The zero-order valence-corrected chi connectivity index (χ0v) is 19.0. The number of thioether (sulfide) groups is 1. The molecule has 0 fully saturated rings. The maximum Gasteiger partial charge on any atom is 0.221 e. The summed E-state index contributed by atoms with van der Waals surface area (Å²) in [5.41, 5.74) is 2.01. The zero-order valence-electron chi connectivity index (χ0n) is 15.9. The molecule has 8 heteroatoms. The smallest absolute Gasteiger partial charge is 0.221 e. The van der Waals surface area contributed by atoms with Gasteiger partial charge in [0, 0.05) is 38.4 Å². The molecule has 148 valence electrons. The molecule has 0 aromatic heterocycles. The lowest BCUT2D eigenvalue weighted by Crippen LogP contribution is -2.40. The highest BCUT2D eigenvalue weighted by molar-refractivity contribution is 14.0. The Kier molecular flexibility index (Phi) is 13.5. The van der Waals surface area contributed by atoms with E-state index < -0.39 is 0 Å². The molecule has 0 bridgehead atoms. The fourth-order valence-corrected chi connectivity index (χ4v) is 2.78. The summed E-state index contributed by atoms with van der Waals surface area (Å²) in [5, 5.41) is 9.26. The number of nitrogens with one attached hydrogen (secondary N) is 3. The SMILES string of the molecule is CCC(C)NC(=O)CCNC(=NC)NCc1ccc(F)cc1CSC.I. The number of guanidine groups is 1. The molecular weight excluding hydrogens is 466 g/mol. The molecule has 1 rings (SSSR count). The topological polar surface area (TPSA) is 65.5 Å². The Bertz CT molecular complexity index is 586. The second-order valence-corrected chi connectivity index (χ2v) is 6.69. The lowest BCUT2D eigenvalue weighted by atomic mass is 10.1. The first-order valence-corrected chi connectivity index (χ1v) is 9.89. The lowest BCUT2D eigenvalue weighted by molar-refractivity contribution is -0.121.